The van der Waals surface area contributed by atoms with Gasteiger partial charge in [0.2, 0.25) is 0 Å². The highest BCUT2D eigenvalue weighted by atomic mass is 19.1. The van der Waals surface area contributed by atoms with E-state index in [0.29, 0.717) is 19.0 Å². The number of aliphatic imine (C=N–C) groups is 1. The lowest BCUT2D eigenvalue weighted by molar-refractivity contribution is 0.0529. The number of rotatable bonds is 5. The number of amides is 1. The van der Waals surface area contributed by atoms with Crippen LogP contribution in [0.15, 0.2) is 23.2 Å². The first kappa shape index (κ1) is 19.7. The van der Waals surface area contributed by atoms with Gasteiger partial charge in [0.15, 0.2) is 5.96 Å². The largest absolute Gasteiger partial charge is 0.444 e. The third-order valence-corrected chi connectivity index (χ3v) is 2.76. The fourth-order valence-corrected chi connectivity index (χ4v) is 1.74. The molecule has 1 amide bonds. The summed E-state index contributed by atoms with van der Waals surface area (Å²) in [6.07, 6.45) is -0.505. The van der Waals surface area contributed by atoms with Crippen molar-refractivity contribution in [2.24, 2.45) is 4.99 Å². The summed E-state index contributed by atoms with van der Waals surface area (Å²) < 4.78 is 31.7. The Morgan fingerprint density at radius 3 is 2.46 bits per heavy atom. The second-order valence-corrected chi connectivity index (χ2v) is 6.02. The van der Waals surface area contributed by atoms with Crippen molar-refractivity contribution in [2.75, 3.05) is 20.1 Å². The molecule has 0 aliphatic heterocycles. The Bertz CT molecular complexity index is 586. The van der Waals surface area contributed by atoms with Crippen molar-refractivity contribution in [3.05, 3.63) is 35.4 Å². The van der Waals surface area contributed by atoms with Gasteiger partial charge in [-0.25, -0.2) is 13.6 Å². The molecular weight excluding hydrogens is 318 g/mol. The van der Waals surface area contributed by atoms with E-state index in [2.05, 4.69) is 20.9 Å². The summed E-state index contributed by atoms with van der Waals surface area (Å²) in [5.74, 6) is -0.590. The van der Waals surface area contributed by atoms with E-state index in [1.165, 1.54) is 0 Å². The summed E-state index contributed by atoms with van der Waals surface area (Å²) in [5.41, 5.74) is -0.353. The monoisotopic (exact) mass is 342 g/mol. The number of nitrogens with zero attached hydrogens (tertiary/aromatic N) is 1. The number of ether oxygens (including phenoxy) is 1. The number of guanidine groups is 1. The van der Waals surface area contributed by atoms with E-state index in [0.717, 1.165) is 18.2 Å². The first-order chi connectivity index (χ1) is 11.2. The van der Waals surface area contributed by atoms with Gasteiger partial charge in [-0.3, -0.25) is 4.99 Å². The van der Waals surface area contributed by atoms with E-state index in [1.54, 1.807) is 27.8 Å². The van der Waals surface area contributed by atoms with Gasteiger partial charge in [0.25, 0.3) is 0 Å². The van der Waals surface area contributed by atoms with Crippen molar-refractivity contribution in [1.82, 2.24) is 16.0 Å². The Balaban J connectivity index is 2.33. The van der Waals surface area contributed by atoms with Crippen LogP contribution < -0.4 is 16.0 Å². The molecule has 0 aliphatic carbocycles. The summed E-state index contributed by atoms with van der Waals surface area (Å²) in [4.78, 5) is 15.4. The van der Waals surface area contributed by atoms with E-state index in [4.69, 9.17) is 4.74 Å². The van der Waals surface area contributed by atoms with E-state index in [1.807, 2.05) is 0 Å². The van der Waals surface area contributed by atoms with Crippen molar-refractivity contribution in [1.29, 1.82) is 0 Å². The normalized spacial score (nSPS) is 11.8. The van der Waals surface area contributed by atoms with Crippen LogP contribution >= 0.6 is 0 Å². The Hall–Kier alpha value is -2.38. The van der Waals surface area contributed by atoms with Crippen molar-refractivity contribution in [3.63, 3.8) is 0 Å². The van der Waals surface area contributed by atoms with Crippen LogP contribution in [-0.4, -0.2) is 37.8 Å². The van der Waals surface area contributed by atoms with Gasteiger partial charge in [-0.1, -0.05) is 0 Å². The molecule has 1 rings (SSSR count). The highest BCUT2D eigenvalue weighted by Crippen LogP contribution is 2.09. The van der Waals surface area contributed by atoms with Crippen LogP contribution in [0, 0.1) is 11.6 Å². The van der Waals surface area contributed by atoms with E-state index >= 15 is 0 Å². The number of benzene rings is 1. The SMILES string of the molecule is CN=C(NCCNC(=O)OC(C)(C)C)NCc1cc(F)ccc1F. The average Bonchev–Trinajstić information content (AvgIpc) is 2.48. The summed E-state index contributed by atoms with van der Waals surface area (Å²) in [6.45, 7) is 6.14. The maximum atomic E-state index is 13.5. The molecule has 0 radical (unpaired) electrons. The topological polar surface area (TPSA) is 74.8 Å². The maximum Gasteiger partial charge on any atom is 0.407 e. The zero-order chi connectivity index (χ0) is 18.2. The van der Waals surface area contributed by atoms with Gasteiger partial charge in [0.05, 0.1) is 0 Å². The van der Waals surface area contributed by atoms with Gasteiger partial charge < -0.3 is 20.7 Å². The number of hydrogen-bond acceptors (Lipinski definition) is 3. The molecule has 0 saturated heterocycles. The molecule has 1 aromatic carbocycles. The van der Waals surface area contributed by atoms with Crippen molar-refractivity contribution in [2.45, 2.75) is 32.9 Å². The Morgan fingerprint density at radius 1 is 1.17 bits per heavy atom. The van der Waals surface area contributed by atoms with Gasteiger partial charge in [-0.05, 0) is 39.0 Å². The average molecular weight is 342 g/mol. The minimum Gasteiger partial charge on any atom is -0.444 e. The smallest absolute Gasteiger partial charge is 0.407 e. The maximum absolute atomic E-state index is 13.5. The molecule has 0 bridgehead atoms. The fourth-order valence-electron chi connectivity index (χ4n) is 1.74. The molecule has 0 fully saturated rings. The molecule has 0 unspecified atom stereocenters. The molecule has 1 aromatic rings. The minimum atomic E-state index is -0.551. The predicted octanol–water partition coefficient (Wildman–Crippen LogP) is 2.15. The molecule has 0 spiro atoms. The van der Waals surface area contributed by atoms with Crippen LogP contribution in [0.4, 0.5) is 13.6 Å². The van der Waals surface area contributed by atoms with Gasteiger partial charge in [-0.15, -0.1) is 0 Å². The lowest BCUT2D eigenvalue weighted by Gasteiger charge is -2.20. The molecule has 6 nitrogen and oxygen atoms in total. The molecule has 3 N–H and O–H groups in total. The summed E-state index contributed by atoms with van der Waals surface area (Å²) in [6, 6.07) is 3.27. The fraction of sp³-hybridized carbons (Fsp3) is 0.500. The highest BCUT2D eigenvalue weighted by molar-refractivity contribution is 5.79. The predicted molar refractivity (Wildman–Crippen MR) is 88.8 cm³/mol. The molecule has 0 heterocycles. The number of nitrogens with one attached hydrogen (secondary N) is 3. The first-order valence-corrected chi connectivity index (χ1v) is 7.56. The van der Waals surface area contributed by atoms with Crippen LogP contribution in [-0.2, 0) is 11.3 Å². The van der Waals surface area contributed by atoms with E-state index in [9.17, 15) is 13.6 Å². The number of carbonyl (C=O) groups is 1. The summed E-state index contributed by atoms with van der Waals surface area (Å²) in [5, 5.41) is 8.41. The molecular formula is C16H24F2N4O2. The second kappa shape index (κ2) is 9.05. The van der Waals surface area contributed by atoms with Crippen molar-refractivity contribution < 1.29 is 18.3 Å². The highest BCUT2D eigenvalue weighted by Gasteiger charge is 2.15. The zero-order valence-electron chi connectivity index (χ0n) is 14.4. The summed E-state index contributed by atoms with van der Waals surface area (Å²) in [7, 11) is 1.55. The lowest BCUT2D eigenvalue weighted by Crippen LogP contribution is -2.42. The third kappa shape index (κ3) is 7.75. The zero-order valence-corrected chi connectivity index (χ0v) is 14.4. The van der Waals surface area contributed by atoms with Crippen LogP contribution in [0.3, 0.4) is 0 Å². The Labute approximate surface area is 140 Å². The second-order valence-electron chi connectivity index (χ2n) is 6.02. The third-order valence-electron chi connectivity index (χ3n) is 2.76. The van der Waals surface area contributed by atoms with Crippen LogP contribution in [0.1, 0.15) is 26.3 Å². The molecule has 0 aliphatic rings. The van der Waals surface area contributed by atoms with Crippen molar-refractivity contribution >= 4 is 12.1 Å². The molecule has 0 atom stereocenters. The van der Waals surface area contributed by atoms with E-state index < -0.39 is 23.3 Å². The number of carbonyl (C=O) groups excluding carboxylic acids is 1. The Kier molecular flexibility index (Phi) is 7.41. The van der Waals surface area contributed by atoms with E-state index in [-0.39, 0.29) is 12.1 Å². The van der Waals surface area contributed by atoms with Crippen molar-refractivity contribution in [3.8, 4) is 0 Å². The quantitative estimate of drug-likeness (QED) is 0.435. The molecule has 134 valence electrons. The van der Waals surface area contributed by atoms with Crippen LogP contribution in [0.5, 0.6) is 0 Å². The van der Waals surface area contributed by atoms with Crippen LogP contribution in [0.25, 0.3) is 0 Å². The van der Waals surface area contributed by atoms with Gasteiger partial charge in [0, 0.05) is 32.2 Å². The molecule has 0 aromatic heterocycles. The standard InChI is InChI=1S/C16H24F2N4O2/c1-16(2,3)24-15(23)21-8-7-20-14(19-4)22-10-11-9-12(17)5-6-13(11)18/h5-6,9H,7-8,10H2,1-4H3,(H,21,23)(H2,19,20,22). The number of hydrogen-bond donors (Lipinski definition) is 3. The molecule has 8 heteroatoms. The molecule has 24 heavy (non-hydrogen) atoms. The number of alkyl carbamates (subject to hydrolysis) is 1. The van der Waals surface area contributed by atoms with Gasteiger partial charge in [-0.2, -0.15) is 0 Å². The van der Waals surface area contributed by atoms with Gasteiger partial charge in [0.1, 0.15) is 17.2 Å². The first-order valence-electron chi connectivity index (χ1n) is 7.56. The van der Waals surface area contributed by atoms with Gasteiger partial charge >= 0.3 is 6.09 Å². The lowest BCUT2D eigenvalue weighted by atomic mass is 10.2. The number of halogens is 2. The summed E-state index contributed by atoms with van der Waals surface area (Å²) >= 11 is 0. The Morgan fingerprint density at radius 2 is 1.83 bits per heavy atom. The van der Waals surface area contributed by atoms with Crippen LogP contribution in [0.2, 0.25) is 0 Å². The minimum absolute atomic E-state index is 0.0861. The molecule has 0 saturated carbocycles.